The topological polar surface area (TPSA) is 58.6 Å². The highest BCUT2D eigenvalue weighted by molar-refractivity contribution is 5.83. The van der Waals surface area contributed by atoms with Gasteiger partial charge in [0.1, 0.15) is 17.4 Å². The molecule has 0 bridgehead atoms. The van der Waals surface area contributed by atoms with Crippen molar-refractivity contribution in [2.45, 2.75) is 30.6 Å². The minimum atomic E-state index is -4.93. The summed E-state index contributed by atoms with van der Waals surface area (Å²) in [5, 5.41) is 13.5. The highest BCUT2D eigenvalue weighted by Crippen LogP contribution is 2.38. The van der Waals surface area contributed by atoms with E-state index in [4.69, 9.17) is 0 Å². The fraction of sp³-hybridized carbons (Fsp3) is 0.167. The molecule has 0 spiro atoms. The lowest BCUT2D eigenvalue weighted by Gasteiger charge is -2.37. The molecular formula is C30H23F6NO3. The third-order valence-electron chi connectivity index (χ3n) is 6.22. The standard InChI is InChI=1S/C30H23F6NO3/c31-23-13-11-21(12-14-23)29(18-19-7-3-1-4-8-19,37-27(39)26(38)20-9-5-2-6-10-20)22-15-24(32)17-25(16-22)40-30(35,36)28(33)34/h1-17,26,28,38H,18H2,(H,37,39). The number of carbonyl (C=O) groups excluding carboxylic acids is 1. The molecule has 0 aliphatic carbocycles. The van der Waals surface area contributed by atoms with Crippen molar-refractivity contribution in [3.8, 4) is 5.75 Å². The Balaban J connectivity index is 1.91. The third kappa shape index (κ3) is 6.45. The number of aliphatic hydroxyl groups excluding tert-OH is 1. The average molecular weight is 560 g/mol. The third-order valence-corrected chi connectivity index (χ3v) is 6.22. The molecule has 0 radical (unpaired) electrons. The second-order valence-electron chi connectivity index (χ2n) is 9.02. The molecule has 4 nitrogen and oxygen atoms in total. The van der Waals surface area contributed by atoms with E-state index in [9.17, 15) is 36.2 Å². The van der Waals surface area contributed by atoms with Gasteiger partial charge >= 0.3 is 12.5 Å². The number of halogens is 6. The zero-order chi connectivity index (χ0) is 28.9. The molecule has 208 valence electrons. The van der Waals surface area contributed by atoms with E-state index in [1.807, 2.05) is 0 Å². The quantitative estimate of drug-likeness (QED) is 0.217. The predicted molar refractivity (Wildman–Crippen MR) is 135 cm³/mol. The highest BCUT2D eigenvalue weighted by atomic mass is 19.3. The van der Waals surface area contributed by atoms with Gasteiger partial charge in [-0.3, -0.25) is 4.79 Å². The first-order valence-corrected chi connectivity index (χ1v) is 12.0. The molecule has 0 saturated heterocycles. The maximum Gasteiger partial charge on any atom is 0.461 e. The number of alkyl halides is 4. The van der Waals surface area contributed by atoms with Gasteiger partial charge in [-0.25, -0.2) is 8.78 Å². The molecule has 0 saturated carbocycles. The van der Waals surface area contributed by atoms with Crippen LogP contribution in [0.5, 0.6) is 5.75 Å². The van der Waals surface area contributed by atoms with Crippen molar-refractivity contribution in [2.75, 3.05) is 0 Å². The lowest BCUT2D eigenvalue weighted by molar-refractivity contribution is -0.253. The summed E-state index contributed by atoms with van der Waals surface area (Å²) in [6.07, 6.45) is -11.0. The average Bonchev–Trinajstić information content (AvgIpc) is 2.93. The van der Waals surface area contributed by atoms with Gasteiger partial charge in [-0.1, -0.05) is 72.8 Å². The molecule has 2 unspecified atom stereocenters. The molecule has 0 aliphatic heterocycles. The fourth-order valence-corrected chi connectivity index (χ4v) is 4.33. The van der Waals surface area contributed by atoms with Crippen LogP contribution in [0, 0.1) is 11.6 Å². The van der Waals surface area contributed by atoms with Crippen LogP contribution in [-0.4, -0.2) is 23.5 Å². The zero-order valence-electron chi connectivity index (χ0n) is 20.7. The molecule has 40 heavy (non-hydrogen) atoms. The van der Waals surface area contributed by atoms with Gasteiger partial charge in [-0.05, 0) is 46.5 Å². The van der Waals surface area contributed by atoms with Gasteiger partial charge in [0.2, 0.25) is 0 Å². The van der Waals surface area contributed by atoms with Crippen LogP contribution >= 0.6 is 0 Å². The summed E-state index contributed by atoms with van der Waals surface area (Å²) in [6.45, 7) is 0. The van der Waals surface area contributed by atoms with Gasteiger partial charge in [0.05, 0.1) is 5.54 Å². The van der Waals surface area contributed by atoms with E-state index < -0.39 is 47.5 Å². The van der Waals surface area contributed by atoms with Gasteiger partial charge < -0.3 is 15.2 Å². The second kappa shape index (κ2) is 11.8. The number of aliphatic hydroxyl groups is 1. The largest absolute Gasteiger partial charge is 0.461 e. The van der Waals surface area contributed by atoms with E-state index in [0.29, 0.717) is 11.6 Å². The van der Waals surface area contributed by atoms with Crippen LogP contribution < -0.4 is 10.1 Å². The zero-order valence-corrected chi connectivity index (χ0v) is 20.7. The van der Waals surface area contributed by atoms with Crippen molar-refractivity contribution in [3.05, 3.63) is 137 Å². The van der Waals surface area contributed by atoms with E-state index in [2.05, 4.69) is 10.1 Å². The van der Waals surface area contributed by atoms with Gasteiger partial charge in [-0.2, -0.15) is 17.6 Å². The number of nitrogens with one attached hydrogen (secondary N) is 1. The number of rotatable bonds is 10. The Morgan fingerprint density at radius 1 is 0.800 bits per heavy atom. The monoisotopic (exact) mass is 559 g/mol. The van der Waals surface area contributed by atoms with Crippen molar-refractivity contribution in [1.29, 1.82) is 0 Å². The van der Waals surface area contributed by atoms with Gasteiger partial charge in [0.25, 0.3) is 5.91 Å². The lowest BCUT2D eigenvalue weighted by Crippen LogP contribution is -2.50. The molecular weight excluding hydrogens is 536 g/mol. The van der Waals surface area contributed by atoms with Gasteiger partial charge in [0, 0.05) is 12.5 Å². The maximum absolute atomic E-state index is 14.9. The van der Waals surface area contributed by atoms with Crippen LogP contribution in [0.3, 0.4) is 0 Å². The summed E-state index contributed by atoms with van der Waals surface area (Å²) in [6, 6.07) is 23.4. The second-order valence-corrected chi connectivity index (χ2v) is 9.02. The number of amides is 1. The SMILES string of the molecule is O=C(NC(Cc1ccccc1)(c1ccc(F)cc1)c1cc(F)cc(OC(F)(F)C(F)F)c1)C(O)c1ccccc1. The maximum atomic E-state index is 14.9. The van der Waals surface area contributed by atoms with Crippen LogP contribution in [0.1, 0.15) is 28.4 Å². The first-order chi connectivity index (χ1) is 19.0. The first kappa shape index (κ1) is 28.7. The molecule has 0 heterocycles. The Bertz CT molecular complexity index is 1440. The molecule has 4 rings (SSSR count). The Hall–Kier alpha value is -4.31. The van der Waals surface area contributed by atoms with E-state index in [1.54, 1.807) is 48.5 Å². The molecule has 4 aromatic carbocycles. The number of carbonyl (C=O) groups is 1. The Morgan fingerprint density at radius 3 is 2.00 bits per heavy atom. The van der Waals surface area contributed by atoms with Crippen molar-refractivity contribution in [3.63, 3.8) is 0 Å². The van der Waals surface area contributed by atoms with Crippen molar-refractivity contribution in [1.82, 2.24) is 5.32 Å². The molecule has 1 amide bonds. The normalized spacial score (nSPS) is 13.9. The summed E-state index contributed by atoms with van der Waals surface area (Å²) < 4.78 is 86.2. The summed E-state index contributed by atoms with van der Waals surface area (Å²) >= 11 is 0. The molecule has 4 aromatic rings. The number of ether oxygens (including phenoxy) is 1. The predicted octanol–water partition coefficient (Wildman–Crippen LogP) is 6.54. The van der Waals surface area contributed by atoms with Crippen molar-refractivity contribution < 1.29 is 41.0 Å². The van der Waals surface area contributed by atoms with E-state index in [-0.39, 0.29) is 23.1 Å². The Labute approximate surface area is 225 Å². The Morgan fingerprint density at radius 2 is 1.40 bits per heavy atom. The molecule has 2 atom stereocenters. The molecule has 2 N–H and O–H groups in total. The minimum Gasteiger partial charge on any atom is -0.428 e. The van der Waals surface area contributed by atoms with Crippen molar-refractivity contribution in [2.24, 2.45) is 0 Å². The molecule has 0 fully saturated rings. The van der Waals surface area contributed by atoms with Gasteiger partial charge in [-0.15, -0.1) is 0 Å². The Kier molecular flexibility index (Phi) is 8.49. The van der Waals surface area contributed by atoms with E-state index in [1.165, 1.54) is 24.3 Å². The number of hydrogen-bond acceptors (Lipinski definition) is 3. The summed E-state index contributed by atoms with van der Waals surface area (Å²) in [7, 11) is 0. The van der Waals surface area contributed by atoms with Crippen LogP contribution in [0.2, 0.25) is 0 Å². The number of hydrogen-bond donors (Lipinski definition) is 2. The first-order valence-electron chi connectivity index (χ1n) is 12.0. The van der Waals surface area contributed by atoms with E-state index in [0.717, 1.165) is 24.3 Å². The summed E-state index contributed by atoms with van der Waals surface area (Å²) in [5.41, 5.74) is -1.01. The molecule has 0 aromatic heterocycles. The van der Waals surface area contributed by atoms with E-state index >= 15 is 0 Å². The van der Waals surface area contributed by atoms with Crippen LogP contribution in [0.4, 0.5) is 26.3 Å². The van der Waals surface area contributed by atoms with Crippen LogP contribution in [0.25, 0.3) is 0 Å². The highest BCUT2D eigenvalue weighted by Gasteiger charge is 2.45. The van der Waals surface area contributed by atoms with Crippen LogP contribution in [0.15, 0.2) is 103 Å². The fourth-order valence-electron chi connectivity index (χ4n) is 4.33. The molecule has 10 heteroatoms. The summed E-state index contributed by atoms with van der Waals surface area (Å²) in [4.78, 5) is 13.5. The van der Waals surface area contributed by atoms with Gasteiger partial charge in [0.15, 0.2) is 6.10 Å². The summed E-state index contributed by atoms with van der Waals surface area (Å²) in [5.74, 6) is -3.64. The van der Waals surface area contributed by atoms with Crippen molar-refractivity contribution >= 4 is 5.91 Å². The van der Waals surface area contributed by atoms with Crippen LogP contribution in [-0.2, 0) is 16.8 Å². The smallest absolute Gasteiger partial charge is 0.428 e. The lowest BCUT2D eigenvalue weighted by atomic mass is 9.77. The number of benzene rings is 4. The minimum absolute atomic E-state index is 0.138. The molecule has 0 aliphatic rings.